The van der Waals surface area contributed by atoms with Crippen molar-refractivity contribution in [1.82, 2.24) is 9.97 Å². The largest absolute Gasteiger partial charge is 0.228 e. The number of hydrogen-bond donors (Lipinski definition) is 0. The van der Waals surface area contributed by atoms with Crippen molar-refractivity contribution in [2.45, 2.75) is 0 Å². The SMILES string of the molecule is c1ccc(-c2nc(-c3ccc4c(c3)c3ccccc3c3ccc5c6ccccc6sc5c34)nc3ccc4ccccc4c23)cc1. The first-order valence-electron chi connectivity index (χ1n) is 15.3. The fraction of sp³-hybridized carbons (Fsp3) is 0. The Morgan fingerprint density at radius 1 is 0.400 bits per heavy atom. The van der Waals surface area contributed by atoms with Gasteiger partial charge in [-0.25, -0.2) is 9.97 Å². The Labute approximate surface area is 262 Å². The van der Waals surface area contributed by atoms with E-state index in [1.807, 2.05) is 11.3 Å². The number of nitrogens with zero attached hydrogens (tertiary/aromatic N) is 2. The molecule has 10 rings (SSSR count). The highest BCUT2D eigenvalue weighted by atomic mass is 32.1. The molecule has 10 aromatic rings. The fourth-order valence-electron chi connectivity index (χ4n) is 7.19. The molecule has 0 aliphatic heterocycles. The lowest BCUT2D eigenvalue weighted by atomic mass is 9.92. The molecule has 208 valence electrons. The number of rotatable bonds is 2. The summed E-state index contributed by atoms with van der Waals surface area (Å²) >= 11 is 1.89. The van der Waals surface area contributed by atoms with Crippen LogP contribution in [0.1, 0.15) is 0 Å². The third-order valence-electron chi connectivity index (χ3n) is 9.24. The Balaban J connectivity index is 1.30. The van der Waals surface area contributed by atoms with Crippen LogP contribution in [0, 0.1) is 0 Å². The van der Waals surface area contributed by atoms with E-state index >= 15 is 0 Å². The summed E-state index contributed by atoms with van der Waals surface area (Å²) in [5.74, 6) is 0.739. The van der Waals surface area contributed by atoms with Crippen molar-refractivity contribution in [3.63, 3.8) is 0 Å². The highest BCUT2D eigenvalue weighted by molar-refractivity contribution is 7.26. The Morgan fingerprint density at radius 2 is 1.07 bits per heavy atom. The molecule has 0 unspecified atom stereocenters. The van der Waals surface area contributed by atoms with Gasteiger partial charge in [-0.3, -0.25) is 0 Å². The van der Waals surface area contributed by atoms with Gasteiger partial charge in [-0.1, -0.05) is 127 Å². The highest BCUT2D eigenvalue weighted by Crippen LogP contribution is 2.45. The molecule has 2 heterocycles. The number of benzene rings is 8. The van der Waals surface area contributed by atoms with E-state index in [0.29, 0.717) is 0 Å². The number of aromatic nitrogens is 2. The van der Waals surface area contributed by atoms with E-state index in [9.17, 15) is 0 Å². The normalized spacial score (nSPS) is 12.0. The Bertz CT molecular complexity index is 2810. The maximum Gasteiger partial charge on any atom is 0.160 e. The van der Waals surface area contributed by atoms with E-state index in [0.717, 1.165) is 33.5 Å². The van der Waals surface area contributed by atoms with E-state index in [1.54, 1.807) is 0 Å². The van der Waals surface area contributed by atoms with Gasteiger partial charge in [-0.15, -0.1) is 11.3 Å². The van der Waals surface area contributed by atoms with Crippen LogP contribution in [0.5, 0.6) is 0 Å². The van der Waals surface area contributed by atoms with Gasteiger partial charge in [0.25, 0.3) is 0 Å². The van der Waals surface area contributed by atoms with Crippen LogP contribution in [0.4, 0.5) is 0 Å². The smallest absolute Gasteiger partial charge is 0.160 e. The van der Waals surface area contributed by atoms with E-state index in [1.165, 1.54) is 63.3 Å². The Hall–Kier alpha value is -5.64. The maximum absolute atomic E-state index is 5.31. The monoisotopic (exact) mass is 588 g/mol. The van der Waals surface area contributed by atoms with Gasteiger partial charge >= 0.3 is 0 Å². The second-order valence-electron chi connectivity index (χ2n) is 11.7. The zero-order valence-electron chi connectivity index (χ0n) is 24.2. The van der Waals surface area contributed by atoms with Gasteiger partial charge in [0.05, 0.1) is 11.2 Å². The first-order chi connectivity index (χ1) is 22.3. The molecule has 0 aliphatic rings. The van der Waals surface area contributed by atoms with Crippen LogP contribution < -0.4 is 0 Å². The number of fused-ring (bicyclic) bond motifs is 13. The van der Waals surface area contributed by atoms with Gasteiger partial charge in [-0.05, 0) is 55.9 Å². The number of thiophene rings is 1. The predicted octanol–water partition coefficient (Wildman–Crippen LogP) is 11.9. The van der Waals surface area contributed by atoms with Crippen LogP contribution in [-0.2, 0) is 0 Å². The van der Waals surface area contributed by atoms with Crippen molar-refractivity contribution < 1.29 is 0 Å². The lowest BCUT2D eigenvalue weighted by Gasteiger charge is -2.14. The lowest BCUT2D eigenvalue weighted by Crippen LogP contribution is -1.96. The first kappa shape index (κ1) is 24.8. The second kappa shape index (κ2) is 9.43. The molecule has 8 aromatic carbocycles. The predicted molar refractivity (Wildman–Crippen MR) is 193 cm³/mol. The summed E-state index contributed by atoms with van der Waals surface area (Å²) in [5, 5.41) is 13.7. The summed E-state index contributed by atoms with van der Waals surface area (Å²) in [7, 11) is 0. The molecule has 0 radical (unpaired) electrons. The van der Waals surface area contributed by atoms with Crippen molar-refractivity contribution in [3.05, 3.63) is 146 Å². The van der Waals surface area contributed by atoms with Crippen LogP contribution in [-0.4, -0.2) is 9.97 Å². The van der Waals surface area contributed by atoms with Crippen LogP contribution in [0.15, 0.2) is 146 Å². The van der Waals surface area contributed by atoms with Gasteiger partial charge in [0, 0.05) is 42.1 Å². The first-order valence-corrected chi connectivity index (χ1v) is 16.1. The summed E-state index contributed by atoms with van der Waals surface area (Å²) in [5.41, 5.74) is 4.02. The summed E-state index contributed by atoms with van der Waals surface area (Å²) in [6.45, 7) is 0. The minimum absolute atomic E-state index is 0.739. The quantitative estimate of drug-likeness (QED) is 0.188. The zero-order chi connectivity index (χ0) is 29.5. The minimum Gasteiger partial charge on any atom is -0.228 e. The molecule has 3 heteroatoms. The molecule has 0 amide bonds. The zero-order valence-corrected chi connectivity index (χ0v) is 25.0. The average molecular weight is 589 g/mol. The molecule has 2 aromatic heterocycles. The van der Waals surface area contributed by atoms with Crippen molar-refractivity contribution >= 4 is 85.5 Å². The maximum atomic E-state index is 5.31. The van der Waals surface area contributed by atoms with Gasteiger partial charge in [-0.2, -0.15) is 0 Å². The van der Waals surface area contributed by atoms with Gasteiger partial charge in [0.15, 0.2) is 5.82 Å². The highest BCUT2D eigenvalue weighted by Gasteiger charge is 2.18. The van der Waals surface area contributed by atoms with Crippen LogP contribution in [0.2, 0.25) is 0 Å². The Morgan fingerprint density at radius 3 is 1.93 bits per heavy atom. The second-order valence-corrected chi connectivity index (χ2v) is 12.8. The van der Waals surface area contributed by atoms with Crippen molar-refractivity contribution in [2.75, 3.05) is 0 Å². The lowest BCUT2D eigenvalue weighted by molar-refractivity contribution is 1.23. The molecule has 0 atom stereocenters. The molecular formula is C42H24N2S. The van der Waals surface area contributed by atoms with E-state index in [4.69, 9.17) is 9.97 Å². The van der Waals surface area contributed by atoms with Crippen molar-refractivity contribution in [2.24, 2.45) is 0 Å². The third-order valence-corrected chi connectivity index (χ3v) is 10.4. The van der Waals surface area contributed by atoms with E-state index < -0.39 is 0 Å². The molecule has 0 spiro atoms. The average Bonchev–Trinajstić information content (AvgIpc) is 3.50. The van der Waals surface area contributed by atoms with Crippen LogP contribution in [0.3, 0.4) is 0 Å². The third kappa shape index (κ3) is 3.62. The number of hydrogen-bond acceptors (Lipinski definition) is 3. The topological polar surface area (TPSA) is 25.8 Å². The van der Waals surface area contributed by atoms with Crippen molar-refractivity contribution in [3.8, 4) is 22.6 Å². The summed E-state index contributed by atoms with van der Waals surface area (Å²) in [4.78, 5) is 10.5. The fourth-order valence-corrected chi connectivity index (χ4v) is 8.46. The Kier molecular flexibility index (Phi) is 5.19. The summed E-state index contributed by atoms with van der Waals surface area (Å²) in [6.07, 6.45) is 0. The van der Waals surface area contributed by atoms with Crippen LogP contribution >= 0.6 is 11.3 Å². The van der Waals surface area contributed by atoms with Gasteiger partial charge in [0.2, 0.25) is 0 Å². The molecular weight excluding hydrogens is 565 g/mol. The minimum atomic E-state index is 0.739. The molecule has 2 nitrogen and oxygen atoms in total. The molecule has 45 heavy (non-hydrogen) atoms. The van der Waals surface area contributed by atoms with E-state index in [-0.39, 0.29) is 0 Å². The molecule has 0 aliphatic carbocycles. The molecule has 0 fully saturated rings. The van der Waals surface area contributed by atoms with Gasteiger partial charge < -0.3 is 0 Å². The molecule has 0 saturated carbocycles. The standard InChI is InChI=1S/C42H24N2S/c1-2-11-26(12-3-1)40-39-28-13-5-4-10-25(28)19-23-36(39)43-42(44-40)27-18-20-33-35(24-27)30-15-7-6-14-29(30)32-21-22-34-31-16-8-9-17-37(31)45-41(34)38(32)33/h1-24H. The van der Waals surface area contributed by atoms with Gasteiger partial charge in [0.1, 0.15) is 0 Å². The van der Waals surface area contributed by atoms with Crippen LogP contribution in [0.25, 0.3) is 96.8 Å². The van der Waals surface area contributed by atoms with Crippen molar-refractivity contribution in [1.29, 1.82) is 0 Å². The summed E-state index contributed by atoms with van der Waals surface area (Å²) in [6, 6.07) is 52.3. The molecule has 0 N–H and O–H groups in total. The molecule has 0 saturated heterocycles. The molecule has 0 bridgehead atoms. The summed E-state index contributed by atoms with van der Waals surface area (Å²) < 4.78 is 2.67. The van der Waals surface area contributed by atoms with E-state index in [2.05, 4.69) is 146 Å².